The van der Waals surface area contributed by atoms with Crippen LogP contribution in [0.3, 0.4) is 0 Å². The summed E-state index contributed by atoms with van der Waals surface area (Å²) in [6.45, 7) is 1.86. The van der Waals surface area contributed by atoms with E-state index in [1.807, 2.05) is 18.2 Å². The minimum absolute atomic E-state index is 0.156. The van der Waals surface area contributed by atoms with Gasteiger partial charge in [-0.25, -0.2) is 0 Å². The van der Waals surface area contributed by atoms with Gasteiger partial charge in [-0.15, -0.1) is 0 Å². The zero-order valence-corrected chi connectivity index (χ0v) is 9.51. The highest BCUT2D eigenvalue weighted by atomic mass is 16.5. The van der Waals surface area contributed by atoms with Crippen molar-refractivity contribution in [2.24, 2.45) is 0 Å². The molecule has 2 rings (SSSR count). The van der Waals surface area contributed by atoms with Crippen LogP contribution in [0.25, 0.3) is 11.0 Å². The van der Waals surface area contributed by atoms with Crippen LogP contribution in [0, 0.1) is 0 Å². The van der Waals surface area contributed by atoms with Crippen LogP contribution in [0.5, 0.6) is 0 Å². The largest absolute Gasteiger partial charge is 0.392 e. The highest BCUT2D eigenvalue weighted by Crippen LogP contribution is 2.17. The maximum atomic E-state index is 11.6. The van der Waals surface area contributed by atoms with Gasteiger partial charge in [-0.3, -0.25) is 4.79 Å². The normalized spacial score (nSPS) is 12.6. The highest BCUT2D eigenvalue weighted by molar-refractivity contribution is 5.86. The van der Waals surface area contributed by atoms with Crippen LogP contribution in [0.4, 0.5) is 0 Å². The minimum atomic E-state index is -0.548. The number of fused-ring (bicyclic) bond motifs is 1. The van der Waals surface area contributed by atoms with Gasteiger partial charge in [0.15, 0.2) is 5.58 Å². The van der Waals surface area contributed by atoms with E-state index in [-0.39, 0.29) is 18.9 Å². The number of hydrogen-bond donors (Lipinski definition) is 2. The first kappa shape index (κ1) is 11.6. The number of carbonyl (C=O) groups excluding carboxylic acids is 1. The Labute approximate surface area is 98.4 Å². The number of rotatable bonds is 4. The maximum absolute atomic E-state index is 11.6. The van der Waals surface area contributed by atoms with Gasteiger partial charge < -0.3 is 14.9 Å². The molecule has 0 radical (unpaired) electrons. The molecule has 0 bridgehead atoms. The lowest BCUT2D eigenvalue weighted by Gasteiger charge is -2.05. The van der Waals surface area contributed by atoms with Gasteiger partial charge in [0, 0.05) is 11.9 Å². The molecule has 0 saturated heterocycles. The number of benzene rings is 1. The molecule has 1 aromatic heterocycles. The van der Waals surface area contributed by atoms with Crippen molar-refractivity contribution in [2.45, 2.75) is 19.4 Å². The molecule has 17 heavy (non-hydrogen) atoms. The SMILES string of the molecule is CC(O)CNC(=O)Cc1noc2ccccc12. The standard InChI is InChI=1S/C12H14N2O3/c1-8(15)7-13-12(16)6-10-9-4-2-3-5-11(9)17-14-10/h2-5,8,15H,6-7H2,1H3,(H,13,16). The molecule has 0 aliphatic rings. The van der Waals surface area contributed by atoms with Crippen molar-refractivity contribution < 1.29 is 14.4 Å². The van der Waals surface area contributed by atoms with Gasteiger partial charge in [-0.05, 0) is 19.1 Å². The number of aromatic nitrogens is 1. The van der Waals surface area contributed by atoms with Gasteiger partial charge in [0.05, 0.1) is 12.5 Å². The van der Waals surface area contributed by atoms with Crippen LogP contribution < -0.4 is 5.32 Å². The van der Waals surface area contributed by atoms with E-state index in [0.717, 1.165) is 5.39 Å². The number of hydrogen-bond acceptors (Lipinski definition) is 4. The van der Waals surface area contributed by atoms with E-state index in [9.17, 15) is 4.79 Å². The number of aliphatic hydroxyl groups is 1. The monoisotopic (exact) mass is 234 g/mol. The summed E-state index contributed by atoms with van der Waals surface area (Å²) in [5.41, 5.74) is 1.29. The predicted octanol–water partition coefficient (Wildman–Crippen LogP) is 0.867. The fourth-order valence-electron chi connectivity index (χ4n) is 1.54. The second-order valence-electron chi connectivity index (χ2n) is 3.96. The molecule has 0 fully saturated rings. The lowest BCUT2D eigenvalue weighted by atomic mass is 10.1. The van der Waals surface area contributed by atoms with Gasteiger partial charge in [0.2, 0.25) is 5.91 Å². The van der Waals surface area contributed by atoms with Gasteiger partial charge in [-0.2, -0.15) is 0 Å². The molecule has 2 N–H and O–H groups in total. The summed E-state index contributed by atoms with van der Waals surface area (Å²) in [7, 11) is 0. The summed E-state index contributed by atoms with van der Waals surface area (Å²) in [4.78, 5) is 11.6. The maximum Gasteiger partial charge on any atom is 0.226 e. The molecule has 1 unspecified atom stereocenters. The quantitative estimate of drug-likeness (QED) is 0.823. The molecule has 90 valence electrons. The van der Waals surface area contributed by atoms with Crippen molar-refractivity contribution in [2.75, 3.05) is 6.54 Å². The Balaban J connectivity index is 2.06. The van der Waals surface area contributed by atoms with Crippen molar-refractivity contribution in [1.82, 2.24) is 10.5 Å². The zero-order valence-electron chi connectivity index (χ0n) is 9.51. The average Bonchev–Trinajstić information content (AvgIpc) is 2.70. The van der Waals surface area contributed by atoms with Gasteiger partial charge >= 0.3 is 0 Å². The van der Waals surface area contributed by atoms with Crippen LogP contribution in [-0.2, 0) is 11.2 Å². The van der Waals surface area contributed by atoms with Crippen molar-refractivity contribution in [3.05, 3.63) is 30.0 Å². The molecule has 0 aliphatic heterocycles. The van der Waals surface area contributed by atoms with Crippen molar-refractivity contribution in [3.8, 4) is 0 Å². The Morgan fingerprint density at radius 2 is 2.29 bits per heavy atom. The van der Waals surface area contributed by atoms with Crippen molar-refractivity contribution >= 4 is 16.9 Å². The lowest BCUT2D eigenvalue weighted by Crippen LogP contribution is -2.31. The summed E-state index contributed by atoms with van der Waals surface area (Å²) in [6.07, 6.45) is -0.392. The molecule has 0 aliphatic carbocycles. The number of amides is 1. The van der Waals surface area contributed by atoms with Crippen molar-refractivity contribution in [1.29, 1.82) is 0 Å². The number of nitrogens with one attached hydrogen (secondary N) is 1. The topological polar surface area (TPSA) is 75.4 Å². The van der Waals surface area contributed by atoms with Crippen molar-refractivity contribution in [3.63, 3.8) is 0 Å². The van der Waals surface area contributed by atoms with E-state index in [2.05, 4.69) is 10.5 Å². The predicted molar refractivity (Wildman–Crippen MR) is 62.4 cm³/mol. The fraction of sp³-hybridized carbons (Fsp3) is 0.333. The van der Waals surface area contributed by atoms with Gasteiger partial charge in [-0.1, -0.05) is 17.3 Å². The summed E-state index contributed by atoms with van der Waals surface area (Å²) in [5.74, 6) is -0.176. The summed E-state index contributed by atoms with van der Waals surface area (Å²) < 4.78 is 5.10. The highest BCUT2D eigenvalue weighted by Gasteiger charge is 2.11. The van der Waals surface area contributed by atoms with Crippen LogP contribution in [0.2, 0.25) is 0 Å². The van der Waals surface area contributed by atoms with Gasteiger partial charge in [0.1, 0.15) is 5.69 Å². The molecule has 0 saturated carbocycles. The molecule has 5 nitrogen and oxygen atoms in total. The molecule has 1 amide bonds. The van der Waals surface area contributed by atoms with E-state index in [1.54, 1.807) is 13.0 Å². The summed E-state index contributed by atoms with van der Waals surface area (Å²) >= 11 is 0. The van der Waals surface area contributed by atoms with E-state index in [1.165, 1.54) is 0 Å². The molecule has 5 heteroatoms. The molecule has 1 atom stereocenters. The minimum Gasteiger partial charge on any atom is -0.392 e. The van der Waals surface area contributed by atoms with Crippen LogP contribution in [0.15, 0.2) is 28.8 Å². The second kappa shape index (κ2) is 4.97. The Bertz CT molecular complexity index is 519. The second-order valence-corrected chi connectivity index (χ2v) is 3.96. The molecular weight excluding hydrogens is 220 g/mol. The Kier molecular flexibility index (Phi) is 3.39. The number of para-hydroxylation sites is 1. The lowest BCUT2D eigenvalue weighted by molar-refractivity contribution is -0.120. The zero-order chi connectivity index (χ0) is 12.3. The molecule has 0 spiro atoms. The smallest absolute Gasteiger partial charge is 0.226 e. The third-order valence-corrected chi connectivity index (χ3v) is 2.37. The average molecular weight is 234 g/mol. The first-order chi connectivity index (χ1) is 8.16. The first-order valence-electron chi connectivity index (χ1n) is 5.45. The summed E-state index contributed by atoms with van der Waals surface area (Å²) in [6, 6.07) is 7.39. The van der Waals surface area contributed by atoms with E-state index < -0.39 is 6.10 Å². The first-order valence-corrected chi connectivity index (χ1v) is 5.45. The molecular formula is C12H14N2O3. The van der Waals surface area contributed by atoms with Crippen LogP contribution in [0.1, 0.15) is 12.6 Å². The third-order valence-electron chi connectivity index (χ3n) is 2.37. The Morgan fingerprint density at radius 3 is 3.06 bits per heavy atom. The Hall–Kier alpha value is -1.88. The molecule has 1 heterocycles. The fourth-order valence-corrected chi connectivity index (χ4v) is 1.54. The Morgan fingerprint density at radius 1 is 1.53 bits per heavy atom. The number of carbonyl (C=O) groups is 1. The van der Waals surface area contributed by atoms with E-state index >= 15 is 0 Å². The summed E-state index contributed by atoms with van der Waals surface area (Å²) in [5, 5.41) is 16.4. The number of aliphatic hydroxyl groups excluding tert-OH is 1. The van der Waals surface area contributed by atoms with Crippen LogP contribution >= 0.6 is 0 Å². The van der Waals surface area contributed by atoms with Gasteiger partial charge in [0.25, 0.3) is 0 Å². The van der Waals surface area contributed by atoms with E-state index in [0.29, 0.717) is 11.3 Å². The third kappa shape index (κ3) is 2.82. The van der Waals surface area contributed by atoms with E-state index in [4.69, 9.17) is 9.63 Å². The number of nitrogens with zero attached hydrogens (tertiary/aromatic N) is 1. The molecule has 2 aromatic rings. The van der Waals surface area contributed by atoms with Crippen LogP contribution in [-0.4, -0.2) is 28.8 Å². The molecule has 1 aromatic carbocycles.